The standard InChI is InChI=1S/C18H35N3O/c1-13-8-14(2)11-21(10-13)18(3,4)12-20-17(22)16-7-5-6-15(16)9-19/h13-16H,5-12,19H2,1-4H3,(H,20,22)/t13?,14?,15-,16-/m1/s1. The van der Waals surface area contributed by atoms with Crippen molar-refractivity contribution in [2.75, 3.05) is 26.2 Å². The van der Waals surface area contributed by atoms with Gasteiger partial charge in [-0.2, -0.15) is 0 Å². The van der Waals surface area contributed by atoms with Crippen molar-refractivity contribution >= 4 is 5.91 Å². The van der Waals surface area contributed by atoms with Crippen LogP contribution in [0.25, 0.3) is 0 Å². The average Bonchev–Trinajstić information content (AvgIpc) is 2.92. The lowest BCUT2D eigenvalue weighted by Gasteiger charge is -2.45. The summed E-state index contributed by atoms with van der Waals surface area (Å²) >= 11 is 0. The number of piperidine rings is 1. The smallest absolute Gasteiger partial charge is 0.223 e. The second-order valence-electron chi connectivity index (χ2n) is 8.41. The zero-order valence-corrected chi connectivity index (χ0v) is 14.9. The van der Waals surface area contributed by atoms with Crippen LogP contribution in [0.1, 0.15) is 53.4 Å². The Morgan fingerprint density at radius 3 is 2.45 bits per heavy atom. The molecule has 1 heterocycles. The van der Waals surface area contributed by atoms with Crippen LogP contribution in [0.4, 0.5) is 0 Å². The maximum atomic E-state index is 12.5. The average molecular weight is 309 g/mol. The highest BCUT2D eigenvalue weighted by atomic mass is 16.1. The van der Waals surface area contributed by atoms with Gasteiger partial charge in [-0.05, 0) is 57.4 Å². The number of nitrogens with zero attached hydrogens (tertiary/aromatic N) is 1. The van der Waals surface area contributed by atoms with E-state index in [1.807, 2.05) is 0 Å². The van der Waals surface area contributed by atoms with Crippen molar-refractivity contribution < 1.29 is 4.79 Å². The number of rotatable bonds is 5. The van der Waals surface area contributed by atoms with Crippen LogP contribution in [0.2, 0.25) is 0 Å². The van der Waals surface area contributed by atoms with Crippen molar-refractivity contribution in [2.45, 2.75) is 58.9 Å². The fraction of sp³-hybridized carbons (Fsp3) is 0.944. The van der Waals surface area contributed by atoms with Crippen LogP contribution in [-0.2, 0) is 4.79 Å². The topological polar surface area (TPSA) is 58.4 Å². The molecule has 2 fully saturated rings. The van der Waals surface area contributed by atoms with Crippen molar-refractivity contribution in [3.8, 4) is 0 Å². The van der Waals surface area contributed by atoms with E-state index in [4.69, 9.17) is 5.73 Å². The second-order valence-corrected chi connectivity index (χ2v) is 8.41. The molecule has 0 spiro atoms. The number of hydrogen-bond acceptors (Lipinski definition) is 3. The lowest BCUT2D eigenvalue weighted by molar-refractivity contribution is -0.126. The minimum atomic E-state index is 0.0232. The second kappa shape index (κ2) is 7.31. The first-order valence-electron chi connectivity index (χ1n) is 9.06. The van der Waals surface area contributed by atoms with Crippen molar-refractivity contribution in [3.63, 3.8) is 0 Å². The lowest BCUT2D eigenvalue weighted by Crippen LogP contribution is -2.56. The number of nitrogens with one attached hydrogen (secondary N) is 1. The summed E-state index contributed by atoms with van der Waals surface area (Å²) in [6.07, 6.45) is 4.58. The molecule has 1 amide bonds. The van der Waals surface area contributed by atoms with E-state index in [9.17, 15) is 4.79 Å². The van der Waals surface area contributed by atoms with Gasteiger partial charge in [0.1, 0.15) is 0 Å². The summed E-state index contributed by atoms with van der Waals surface area (Å²) in [5.74, 6) is 2.24. The number of hydrogen-bond donors (Lipinski definition) is 2. The molecule has 1 saturated heterocycles. The van der Waals surface area contributed by atoms with E-state index in [-0.39, 0.29) is 17.4 Å². The zero-order valence-electron chi connectivity index (χ0n) is 14.9. The molecule has 1 aliphatic heterocycles. The van der Waals surface area contributed by atoms with Gasteiger partial charge in [0.05, 0.1) is 0 Å². The van der Waals surface area contributed by atoms with Gasteiger partial charge < -0.3 is 11.1 Å². The molecule has 0 aromatic rings. The van der Waals surface area contributed by atoms with E-state index in [2.05, 4.69) is 37.9 Å². The van der Waals surface area contributed by atoms with Crippen LogP contribution in [0.3, 0.4) is 0 Å². The Morgan fingerprint density at radius 1 is 1.23 bits per heavy atom. The van der Waals surface area contributed by atoms with E-state index in [1.165, 1.54) is 6.42 Å². The lowest BCUT2D eigenvalue weighted by atomic mass is 9.87. The highest BCUT2D eigenvalue weighted by molar-refractivity contribution is 5.79. The van der Waals surface area contributed by atoms with Crippen molar-refractivity contribution in [1.29, 1.82) is 0 Å². The number of carbonyl (C=O) groups excluding carboxylic acids is 1. The summed E-state index contributed by atoms with van der Waals surface area (Å²) in [6, 6.07) is 0. The Morgan fingerprint density at radius 2 is 1.86 bits per heavy atom. The fourth-order valence-electron chi connectivity index (χ4n) is 4.37. The minimum absolute atomic E-state index is 0.0232. The fourth-order valence-corrected chi connectivity index (χ4v) is 4.37. The number of nitrogens with two attached hydrogens (primary N) is 1. The van der Waals surface area contributed by atoms with Crippen LogP contribution >= 0.6 is 0 Å². The van der Waals surface area contributed by atoms with Crippen LogP contribution in [-0.4, -0.2) is 42.5 Å². The summed E-state index contributed by atoms with van der Waals surface area (Å²) in [7, 11) is 0. The Hall–Kier alpha value is -0.610. The molecule has 4 nitrogen and oxygen atoms in total. The number of amides is 1. The molecular weight excluding hydrogens is 274 g/mol. The highest BCUT2D eigenvalue weighted by Gasteiger charge is 2.35. The van der Waals surface area contributed by atoms with Gasteiger partial charge in [-0.25, -0.2) is 0 Å². The molecule has 0 radical (unpaired) electrons. The summed E-state index contributed by atoms with van der Waals surface area (Å²) in [5.41, 5.74) is 5.83. The SMILES string of the molecule is CC1CC(C)CN(C(C)(C)CNC(=O)[C@@H]2CCC[C@@H]2CN)C1. The largest absolute Gasteiger partial charge is 0.354 e. The van der Waals surface area contributed by atoms with Crippen LogP contribution in [0, 0.1) is 23.7 Å². The monoisotopic (exact) mass is 309 g/mol. The van der Waals surface area contributed by atoms with E-state index in [0.717, 1.165) is 50.7 Å². The Balaban J connectivity index is 1.87. The number of likely N-dealkylation sites (tertiary alicyclic amines) is 1. The normalized spacial score (nSPS) is 33.9. The van der Waals surface area contributed by atoms with Crippen molar-refractivity contribution in [3.05, 3.63) is 0 Å². The molecule has 2 rings (SSSR count). The van der Waals surface area contributed by atoms with E-state index >= 15 is 0 Å². The molecular formula is C18H35N3O. The third-order valence-corrected chi connectivity index (χ3v) is 5.72. The molecule has 4 atom stereocenters. The first kappa shape index (κ1) is 17.7. The third-order valence-electron chi connectivity index (χ3n) is 5.72. The summed E-state index contributed by atoms with van der Waals surface area (Å²) in [5, 5.41) is 3.22. The zero-order chi connectivity index (χ0) is 16.3. The molecule has 0 bridgehead atoms. The molecule has 1 aliphatic carbocycles. The van der Waals surface area contributed by atoms with Gasteiger partial charge in [-0.15, -0.1) is 0 Å². The first-order valence-corrected chi connectivity index (χ1v) is 9.06. The van der Waals surface area contributed by atoms with Gasteiger partial charge in [0.2, 0.25) is 5.91 Å². The van der Waals surface area contributed by atoms with Crippen molar-refractivity contribution in [2.24, 2.45) is 29.4 Å². The van der Waals surface area contributed by atoms with Gasteiger partial charge in [-0.3, -0.25) is 9.69 Å². The Labute approximate surface area is 136 Å². The third kappa shape index (κ3) is 4.23. The molecule has 1 saturated carbocycles. The first-order chi connectivity index (χ1) is 10.3. The summed E-state index contributed by atoms with van der Waals surface area (Å²) in [4.78, 5) is 15.0. The van der Waals surface area contributed by atoms with Crippen molar-refractivity contribution in [1.82, 2.24) is 10.2 Å². The summed E-state index contributed by atoms with van der Waals surface area (Å²) in [6.45, 7) is 12.8. The van der Waals surface area contributed by atoms with Gasteiger partial charge in [0, 0.05) is 31.1 Å². The van der Waals surface area contributed by atoms with Crippen LogP contribution in [0.5, 0.6) is 0 Å². The van der Waals surface area contributed by atoms with Gasteiger partial charge in [0.25, 0.3) is 0 Å². The molecule has 2 aliphatic rings. The van der Waals surface area contributed by atoms with Crippen LogP contribution < -0.4 is 11.1 Å². The molecule has 3 N–H and O–H groups in total. The van der Waals surface area contributed by atoms with E-state index in [0.29, 0.717) is 12.5 Å². The summed E-state index contributed by atoms with van der Waals surface area (Å²) < 4.78 is 0. The minimum Gasteiger partial charge on any atom is -0.354 e. The molecule has 128 valence electrons. The van der Waals surface area contributed by atoms with E-state index in [1.54, 1.807) is 0 Å². The molecule has 0 aromatic carbocycles. The predicted molar refractivity (Wildman–Crippen MR) is 91.5 cm³/mol. The quantitative estimate of drug-likeness (QED) is 0.819. The molecule has 22 heavy (non-hydrogen) atoms. The molecule has 4 heteroatoms. The Kier molecular flexibility index (Phi) is 5.89. The maximum absolute atomic E-state index is 12.5. The molecule has 2 unspecified atom stereocenters. The number of carbonyl (C=O) groups is 1. The van der Waals surface area contributed by atoms with Gasteiger partial charge >= 0.3 is 0 Å². The van der Waals surface area contributed by atoms with Gasteiger partial charge in [-0.1, -0.05) is 20.3 Å². The predicted octanol–water partition coefficient (Wildman–Crippen LogP) is 2.23. The highest BCUT2D eigenvalue weighted by Crippen LogP contribution is 2.31. The maximum Gasteiger partial charge on any atom is 0.223 e. The Bertz CT molecular complexity index is 373. The van der Waals surface area contributed by atoms with Gasteiger partial charge in [0.15, 0.2) is 0 Å². The van der Waals surface area contributed by atoms with Crippen LogP contribution in [0.15, 0.2) is 0 Å². The molecule has 0 aromatic heterocycles. The van der Waals surface area contributed by atoms with E-state index < -0.39 is 0 Å².